The van der Waals surface area contributed by atoms with Crippen molar-refractivity contribution >= 4 is 17.5 Å². The van der Waals surface area contributed by atoms with Crippen molar-refractivity contribution in [3.05, 3.63) is 35.4 Å². The first-order chi connectivity index (χ1) is 8.58. The molecule has 0 aliphatic heterocycles. The summed E-state index contributed by atoms with van der Waals surface area (Å²) in [6.45, 7) is 4.84. The maximum absolute atomic E-state index is 12.0. The molecule has 2 atom stereocenters. The van der Waals surface area contributed by atoms with Crippen molar-refractivity contribution in [2.24, 2.45) is 5.92 Å². The van der Waals surface area contributed by atoms with E-state index in [1.807, 2.05) is 18.2 Å². The highest BCUT2D eigenvalue weighted by Crippen LogP contribution is 2.34. The molecule has 2 unspecified atom stereocenters. The minimum Gasteiger partial charge on any atom is -0.354 e. The van der Waals surface area contributed by atoms with Gasteiger partial charge in [-0.3, -0.25) is 4.79 Å². The van der Waals surface area contributed by atoms with Gasteiger partial charge in [0.2, 0.25) is 5.91 Å². The average molecular weight is 266 g/mol. The fraction of sp³-hybridized carbons (Fsp3) is 0.533. The second-order valence-electron chi connectivity index (χ2n) is 5.43. The molecule has 2 rings (SSSR count). The van der Waals surface area contributed by atoms with Gasteiger partial charge in [-0.1, -0.05) is 38.1 Å². The number of halogens is 1. The Kier molecular flexibility index (Phi) is 4.28. The van der Waals surface area contributed by atoms with E-state index >= 15 is 0 Å². The number of rotatable bonds is 5. The number of carbonyl (C=O) groups is 1. The molecule has 1 amide bonds. The third kappa shape index (κ3) is 3.05. The standard InChI is InChI=1S/C15H20ClNO/c1-10(2)7-12(16)9-17-15(18)14-8-11-5-3-4-6-13(11)14/h3-6,10,12,14H,7-9H2,1-2H3,(H,17,18). The van der Waals surface area contributed by atoms with E-state index in [0.29, 0.717) is 12.5 Å². The lowest BCUT2D eigenvalue weighted by Gasteiger charge is -2.29. The van der Waals surface area contributed by atoms with Crippen LogP contribution in [-0.4, -0.2) is 17.8 Å². The quantitative estimate of drug-likeness (QED) is 0.815. The van der Waals surface area contributed by atoms with Crippen LogP contribution in [0, 0.1) is 5.92 Å². The Labute approximate surface area is 114 Å². The second-order valence-corrected chi connectivity index (χ2v) is 6.04. The van der Waals surface area contributed by atoms with Gasteiger partial charge in [-0.05, 0) is 29.9 Å². The molecule has 0 radical (unpaired) electrons. The van der Waals surface area contributed by atoms with Gasteiger partial charge in [0.15, 0.2) is 0 Å². The summed E-state index contributed by atoms with van der Waals surface area (Å²) in [5.74, 6) is 0.709. The molecule has 0 bridgehead atoms. The molecule has 0 fully saturated rings. The topological polar surface area (TPSA) is 29.1 Å². The van der Waals surface area contributed by atoms with Gasteiger partial charge in [-0.2, -0.15) is 0 Å². The minimum atomic E-state index is 0.0316. The first-order valence-electron chi connectivity index (χ1n) is 6.57. The molecule has 1 aliphatic carbocycles. The summed E-state index contributed by atoms with van der Waals surface area (Å²) >= 11 is 6.17. The van der Waals surface area contributed by atoms with Crippen LogP contribution < -0.4 is 5.32 Å². The fourth-order valence-corrected chi connectivity index (χ4v) is 2.86. The van der Waals surface area contributed by atoms with E-state index < -0.39 is 0 Å². The number of fused-ring (bicyclic) bond motifs is 1. The highest BCUT2D eigenvalue weighted by Gasteiger charge is 2.31. The lowest BCUT2D eigenvalue weighted by Crippen LogP contribution is -2.38. The Morgan fingerprint density at radius 2 is 2.17 bits per heavy atom. The number of hydrogen-bond donors (Lipinski definition) is 1. The van der Waals surface area contributed by atoms with Crippen LogP contribution in [-0.2, 0) is 11.2 Å². The Bertz CT molecular complexity index is 430. The summed E-state index contributed by atoms with van der Waals surface area (Å²) in [6.07, 6.45) is 1.79. The van der Waals surface area contributed by atoms with Gasteiger partial charge in [0, 0.05) is 6.54 Å². The van der Waals surface area contributed by atoms with Crippen molar-refractivity contribution in [3.8, 4) is 0 Å². The molecule has 0 saturated heterocycles. The zero-order valence-electron chi connectivity index (χ0n) is 10.9. The number of amides is 1. The Morgan fingerprint density at radius 1 is 1.44 bits per heavy atom. The van der Waals surface area contributed by atoms with E-state index in [4.69, 9.17) is 11.6 Å². The smallest absolute Gasteiger partial charge is 0.227 e. The number of benzene rings is 1. The van der Waals surface area contributed by atoms with Crippen molar-refractivity contribution in [1.29, 1.82) is 0 Å². The van der Waals surface area contributed by atoms with Crippen LogP contribution >= 0.6 is 11.6 Å². The SMILES string of the molecule is CC(C)CC(Cl)CNC(=O)C1Cc2ccccc21. The summed E-state index contributed by atoms with van der Waals surface area (Å²) < 4.78 is 0. The van der Waals surface area contributed by atoms with Gasteiger partial charge < -0.3 is 5.32 Å². The normalized spacial score (nSPS) is 19.0. The van der Waals surface area contributed by atoms with Gasteiger partial charge in [-0.25, -0.2) is 0 Å². The summed E-state index contributed by atoms with van der Waals surface area (Å²) in [4.78, 5) is 12.0. The molecule has 0 spiro atoms. The molecule has 1 aliphatic rings. The zero-order valence-corrected chi connectivity index (χ0v) is 11.7. The number of carbonyl (C=O) groups excluding carboxylic acids is 1. The van der Waals surface area contributed by atoms with Crippen LogP contribution in [0.1, 0.15) is 37.3 Å². The summed E-state index contributed by atoms with van der Waals surface area (Å²) in [6, 6.07) is 8.13. The molecule has 18 heavy (non-hydrogen) atoms. The highest BCUT2D eigenvalue weighted by atomic mass is 35.5. The van der Waals surface area contributed by atoms with Gasteiger partial charge in [0.25, 0.3) is 0 Å². The number of nitrogens with one attached hydrogen (secondary N) is 1. The van der Waals surface area contributed by atoms with E-state index in [2.05, 4.69) is 25.2 Å². The molecule has 0 saturated carbocycles. The number of hydrogen-bond acceptors (Lipinski definition) is 1. The molecule has 1 aromatic rings. The Morgan fingerprint density at radius 3 is 2.83 bits per heavy atom. The summed E-state index contributed by atoms with van der Waals surface area (Å²) in [7, 11) is 0. The fourth-order valence-electron chi connectivity index (χ4n) is 2.42. The monoisotopic (exact) mass is 265 g/mol. The van der Waals surface area contributed by atoms with Gasteiger partial charge in [0.05, 0.1) is 11.3 Å². The van der Waals surface area contributed by atoms with Gasteiger partial charge in [-0.15, -0.1) is 11.6 Å². The predicted octanol–water partition coefficient (Wildman–Crippen LogP) is 3.10. The van der Waals surface area contributed by atoms with Crippen LogP contribution in [0.5, 0.6) is 0 Å². The zero-order chi connectivity index (χ0) is 13.1. The first kappa shape index (κ1) is 13.4. The molecule has 0 aromatic heterocycles. The van der Waals surface area contributed by atoms with Crippen molar-refractivity contribution < 1.29 is 4.79 Å². The van der Waals surface area contributed by atoms with Gasteiger partial charge in [0.1, 0.15) is 0 Å². The highest BCUT2D eigenvalue weighted by molar-refractivity contribution is 6.20. The maximum Gasteiger partial charge on any atom is 0.227 e. The molecule has 3 heteroatoms. The van der Waals surface area contributed by atoms with Crippen LogP contribution in [0.15, 0.2) is 24.3 Å². The van der Waals surface area contributed by atoms with E-state index in [-0.39, 0.29) is 17.2 Å². The van der Waals surface area contributed by atoms with Crippen molar-refractivity contribution in [3.63, 3.8) is 0 Å². The van der Waals surface area contributed by atoms with E-state index in [1.165, 1.54) is 11.1 Å². The van der Waals surface area contributed by atoms with Crippen molar-refractivity contribution in [2.75, 3.05) is 6.54 Å². The maximum atomic E-state index is 12.0. The van der Waals surface area contributed by atoms with E-state index in [0.717, 1.165) is 12.8 Å². The number of alkyl halides is 1. The molecule has 0 heterocycles. The summed E-state index contributed by atoms with van der Waals surface area (Å²) in [5.41, 5.74) is 2.47. The lowest BCUT2D eigenvalue weighted by molar-refractivity contribution is -0.123. The molecule has 2 nitrogen and oxygen atoms in total. The Balaban J connectivity index is 1.81. The predicted molar refractivity (Wildman–Crippen MR) is 75.0 cm³/mol. The van der Waals surface area contributed by atoms with Crippen LogP contribution in [0.2, 0.25) is 0 Å². The van der Waals surface area contributed by atoms with Crippen molar-refractivity contribution in [1.82, 2.24) is 5.32 Å². The largest absolute Gasteiger partial charge is 0.354 e. The second kappa shape index (κ2) is 5.75. The van der Waals surface area contributed by atoms with Crippen LogP contribution in [0.25, 0.3) is 0 Å². The summed E-state index contributed by atoms with van der Waals surface area (Å²) in [5, 5.41) is 2.99. The Hall–Kier alpha value is -1.02. The minimum absolute atomic E-state index is 0.0316. The van der Waals surface area contributed by atoms with E-state index in [9.17, 15) is 4.79 Å². The molecule has 98 valence electrons. The van der Waals surface area contributed by atoms with E-state index in [1.54, 1.807) is 0 Å². The van der Waals surface area contributed by atoms with Crippen LogP contribution in [0.4, 0.5) is 0 Å². The third-order valence-electron chi connectivity index (χ3n) is 3.40. The van der Waals surface area contributed by atoms with Crippen LogP contribution in [0.3, 0.4) is 0 Å². The van der Waals surface area contributed by atoms with Crippen molar-refractivity contribution in [2.45, 2.75) is 38.0 Å². The van der Waals surface area contributed by atoms with Gasteiger partial charge >= 0.3 is 0 Å². The first-order valence-corrected chi connectivity index (χ1v) is 7.01. The molecule has 1 aromatic carbocycles. The average Bonchev–Trinajstić information content (AvgIpc) is 2.27. The molecule has 1 N–H and O–H groups in total. The molecular weight excluding hydrogens is 246 g/mol. The third-order valence-corrected chi connectivity index (χ3v) is 3.73. The molecular formula is C15H20ClNO. The lowest BCUT2D eigenvalue weighted by atomic mass is 9.77.